The van der Waals surface area contributed by atoms with Crippen LogP contribution < -0.4 is 11.1 Å². The average Bonchev–Trinajstić information content (AvgIpc) is 3.64. The van der Waals surface area contributed by atoms with E-state index in [0.29, 0.717) is 28.9 Å². The number of amides is 2. The maximum absolute atomic E-state index is 14.5. The Hall–Kier alpha value is -4.51. The lowest BCUT2D eigenvalue weighted by Gasteiger charge is -2.56. The molecule has 9 rings (SSSR count). The van der Waals surface area contributed by atoms with E-state index in [9.17, 15) is 22.8 Å². The lowest BCUT2D eigenvalue weighted by Crippen LogP contribution is -2.49. The van der Waals surface area contributed by atoms with Gasteiger partial charge in [0.15, 0.2) is 0 Å². The Bertz CT molecular complexity index is 2010. The van der Waals surface area contributed by atoms with Crippen LogP contribution in [0.25, 0.3) is 27.0 Å². The van der Waals surface area contributed by atoms with Gasteiger partial charge in [-0.15, -0.1) is 11.3 Å². The highest BCUT2D eigenvalue weighted by Crippen LogP contribution is 2.61. The van der Waals surface area contributed by atoms with E-state index in [4.69, 9.17) is 10.8 Å². The molecule has 3 N–H and O–H groups in total. The highest BCUT2D eigenvalue weighted by molar-refractivity contribution is 7.21. The summed E-state index contributed by atoms with van der Waals surface area (Å²) in [6.07, 6.45) is 3.58. The number of hydrogen-bond acceptors (Lipinski definition) is 5. The predicted octanol–water partition coefficient (Wildman–Crippen LogP) is 8.30. The molecule has 5 aromatic rings. The number of nitrogens with one attached hydrogen (secondary N) is 1. The number of fused-ring (bicyclic) bond motifs is 1. The van der Waals surface area contributed by atoms with Crippen molar-refractivity contribution in [2.45, 2.75) is 57.0 Å². The molecule has 7 nitrogen and oxygen atoms in total. The first-order chi connectivity index (χ1) is 22.5. The first-order valence-corrected chi connectivity index (χ1v) is 16.7. The number of aryl methyl sites for hydroxylation is 1. The Kier molecular flexibility index (Phi) is 6.84. The number of carbonyl (C=O) groups excluding carboxylic acids is 2. The molecule has 0 atom stereocenters. The number of alkyl halides is 3. The van der Waals surface area contributed by atoms with Gasteiger partial charge >= 0.3 is 6.18 Å². The van der Waals surface area contributed by atoms with Gasteiger partial charge in [0, 0.05) is 17.0 Å². The van der Waals surface area contributed by atoms with Gasteiger partial charge in [0.05, 0.1) is 22.6 Å². The number of para-hydroxylation sites is 1. The molecule has 47 heavy (non-hydrogen) atoms. The second kappa shape index (κ2) is 10.8. The number of benzene rings is 2. The van der Waals surface area contributed by atoms with Crippen molar-refractivity contribution in [3.63, 3.8) is 0 Å². The van der Waals surface area contributed by atoms with Gasteiger partial charge in [-0.05, 0) is 92.5 Å². The van der Waals surface area contributed by atoms with Crippen molar-refractivity contribution in [1.29, 1.82) is 0 Å². The van der Waals surface area contributed by atoms with Crippen LogP contribution in [0.3, 0.4) is 0 Å². The molecule has 2 amide bonds. The topological polar surface area (TPSA) is 103 Å². The smallest absolute Gasteiger partial charge is 0.365 e. The summed E-state index contributed by atoms with van der Waals surface area (Å²) in [5.41, 5.74) is 8.08. The second-order valence-electron chi connectivity index (χ2n) is 13.6. The van der Waals surface area contributed by atoms with Crippen LogP contribution in [0.1, 0.15) is 75.5 Å². The third-order valence-corrected chi connectivity index (χ3v) is 11.4. The van der Waals surface area contributed by atoms with Crippen LogP contribution in [-0.2, 0) is 11.6 Å². The number of rotatable bonds is 6. The van der Waals surface area contributed by atoms with E-state index < -0.39 is 23.7 Å². The monoisotopic (exact) mass is 655 g/mol. The van der Waals surface area contributed by atoms with Gasteiger partial charge in [-0.3, -0.25) is 9.59 Å². The van der Waals surface area contributed by atoms with Crippen molar-refractivity contribution in [2.24, 2.45) is 23.5 Å². The van der Waals surface area contributed by atoms with Gasteiger partial charge in [0.2, 0.25) is 0 Å². The summed E-state index contributed by atoms with van der Waals surface area (Å²) >= 11 is 0.744. The van der Waals surface area contributed by atoms with E-state index in [2.05, 4.69) is 10.3 Å². The van der Waals surface area contributed by atoms with Crippen molar-refractivity contribution in [3.8, 4) is 16.8 Å². The third kappa shape index (κ3) is 5.11. The number of thiophene rings is 1. The number of nitrogens with zero attached hydrogens (tertiary/aromatic N) is 3. The number of primary amides is 1. The zero-order valence-electron chi connectivity index (χ0n) is 25.6. The van der Waals surface area contributed by atoms with E-state index in [1.807, 2.05) is 37.3 Å². The fourth-order valence-corrected chi connectivity index (χ4v) is 9.73. The average molecular weight is 656 g/mol. The molecule has 11 heteroatoms. The maximum Gasteiger partial charge on any atom is 0.433 e. The summed E-state index contributed by atoms with van der Waals surface area (Å²) in [7, 11) is 0. The fraction of sp³-hybridized carbons (Fsp3) is 0.333. The highest BCUT2D eigenvalue weighted by Gasteiger charge is 2.54. The molecule has 3 aromatic heterocycles. The summed E-state index contributed by atoms with van der Waals surface area (Å²) in [5.74, 6) is 0.453. The van der Waals surface area contributed by atoms with E-state index in [1.54, 1.807) is 35.1 Å². The van der Waals surface area contributed by atoms with Crippen molar-refractivity contribution in [3.05, 3.63) is 94.3 Å². The minimum atomic E-state index is -4.73. The largest absolute Gasteiger partial charge is 0.433 e. The molecule has 4 saturated carbocycles. The Morgan fingerprint density at radius 1 is 0.979 bits per heavy atom. The normalized spacial score (nSPS) is 23.4. The Morgan fingerprint density at radius 2 is 1.62 bits per heavy atom. The SMILES string of the molecule is Cc1ccc(-c2cc(C(F)(F)F)nc3sc(C(N)=O)c(NC(=O)c4cn(-c5ccccc5)nc4C45CC6CC(CC(C6)C4)C5)c23)cc1. The number of anilines is 1. The van der Waals surface area contributed by atoms with Crippen LogP contribution in [0.2, 0.25) is 0 Å². The van der Waals surface area contributed by atoms with Crippen molar-refractivity contribution in [1.82, 2.24) is 14.8 Å². The standard InChI is InChI=1S/C36H32F3N5O2S/c1-19-7-9-23(10-8-19)25-14-27(36(37,38)39)41-34-28(25)29(30(47-34)32(40)45)42-33(46)26-18-44(24-5-3-2-4-6-24)43-31(26)35-15-20-11-21(16-35)13-22(12-20)17-35/h2-10,14,18,20-22H,11-13,15-17H2,1H3,(H2,40,45)(H,42,46). The molecule has 0 radical (unpaired) electrons. The van der Waals surface area contributed by atoms with Gasteiger partial charge < -0.3 is 11.1 Å². The lowest BCUT2D eigenvalue weighted by molar-refractivity contribution is -0.140. The first kappa shape index (κ1) is 29.9. The maximum atomic E-state index is 14.5. The van der Waals surface area contributed by atoms with Gasteiger partial charge in [-0.2, -0.15) is 18.3 Å². The fourth-order valence-electron chi connectivity index (χ4n) is 8.72. The molecule has 4 aliphatic carbocycles. The minimum absolute atomic E-state index is 0.0409. The van der Waals surface area contributed by atoms with Crippen LogP contribution in [-0.4, -0.2) is 26.6 Å². The number of nitrogens with two attached hydrogens (primary N) is 1. The quantitative estimate of drug-likeness (QED) is 0.192. The molecular weight excluding hydrogens is 623 g/mol. The minimum Gasteiger partial charge on any atom is -0.365 e. The number of hydrogen-bond donors (Lipinski definition) is 2. The first-order valence-electron chi connectivity index (χ1n) is 15.9. The number of carbonyl (C=O) groups is 2. The van der Waals surface area contributed by atoms with E-state index >= 15 is 0 Å². The van der Waals surface area contributed by atoms with Gasteiger partial charge in [-0.25, -0.2) is 9.67 Å². The van der Waals surface area contributed by atoms with Gasteiger partial charge in [0.25, 0.3) is 11.8 Å². The van der Waals surface area contributed by atoms with Crippen LogP contribution in [0, 0.1) is 24.7 Å². The van der Waals surface area contributed by atoms with Crippen LogP contribution in [0.4, 0.5) is 18.9 Å². The van der Waals surface area contributed by atoms with Crippen molar-refractivity contribution >= 4 is 39.1 Å². The number of pyridine rings is 1. The summed E-state index contributed by atoms with van der Waals surface area (Å²) < 4.78 is 43.9. The van der Waals surface area contributed by atoms with E-state index in [1.165, 1.54) is 19.3 Å². The number of halogens is 3. The summed E-state index contributed by atoms with van der Waals surface area (Å²) in [6.45, 7) is 1.88. The highest BCUT2D eigenvalue weighted by atomic mass is 32.1. The van der Waals surface area contributed by atoms with E-state index in [-0.39, 0.29) is 31.8 Å². The summed E-state index contributed by atoms with van der Waals surface area (Å²) in [5, 5.41) is 8.26. The summed E-state index contributed by atoms with van der Waals surface area (Å²) in [4.78, 5) is 31.1. The molecule has 4 fully saturated rings. The van der Waals surface area contributed by atoms with Crippen LogP contribution >= 0.6 is 11.3 Å². The molecule has 0 unspecified atom stereocenters. The van der Waals surface area contributed by atoms with Gasteiger partial charge in [-0.1, -0.05) is 48.0 Å². The summed E-state index contributed by atoms with van der Waals surface area (Å²) in [6, 6.07) is 17.6. The molecule has 4 bridgehead atoms. The number of aromatic nitrogens is 3. The predicted molar refractivity (Wildman–Crippen MR) is 175 cm³/mol. The second-order valence-corrected chi connectivity index (χ2v) is 14.6. The molecule has 240 valence electrons. The molecule has 3 heterocycles. The van der Waals surface area contributed by atoms with Crippen LogP contribution in [0.15, 0.2) is 66.9 Å². The molecule has 0 spiro atoms. The van der Waals surface area contributed by atoms with E-state index in [0.717, 1.165) is 53.6 Å². The zero-order valence-corrected chi connectivity index (χ0v) is 26.4. The molecule has 4 aliphatic rings. The van der Waals surface area contributed by atoms with Crippen molar-refractivity contribution < 1.29 is 22.8 Å². The lowest BCUT2D eigenvalue weighted by atomic mass is 9.48. The van der Waals surface area contributed by atoms with Crippen molar-refractivity contribution in [2.75, 3.05) is 5.32 Å². The van der Waals surface area contributed by atoms with Gasteiger partial charge in [0.1, 0.15) is 15.4 Å². The zero-order chi connectivity index (χ0) is 32.7. The Morgan fingerprint density at radius 3 is 2.21 bits per heavy atom. The Balaban J connectivity index is 1.29. The Labute approximate surface area is 273 Å². The third-order valence-electron chi connectivity index (χ3n) is 10.3. The molecule has 0 aliphatic heterocycles. The molecule has 2 aromatic carbocycles. The molecule has 0 saturated heterocycles. The van der Waals surface area contributed by atoms with Crippen LogP contribution in [0.5, 0.6) is 0 Å². The molecular formula is C36H32F3N5O2S.